The van der Waals surface area contributed by atoms with Crippen molar-refractivity contribution in [3.05, 3.63) is 28.8 Å². The predicted molar refractivity (Wildman–Crippen MR) is 65.3 cm³/mol. The number of hydrogen-bond acceptors (Lipinski definition) is 4. The summed E-state index contributed by atoms with van der Waals surface area (Å²) in [5, 5.41) is 4.14. The Hall–Kier alpha value is -1.43. The summed E-state index contributed by atoms with van der Waals surface area (Å²) in [6.07, 6.45) is 5.33. The Kier molecular flexibility index (Phi) is 3.19. The lowest BCUT2D eigenvalue weighted by Gasteiger charge is -2.01. The van der Waals surface area contributed by atoms with Crippen molar-refractivity contribution in [2.75, 3.05) is 5.73 Å². The van der Waals surface area contributed by atoms with Crippen LogP contribution in [0.15, 0.2) is 23.1 Å². The first-order valence-electron chi connectivity index (χ1n) is 5.02. The van der Waals surface area contributed by atoms with E-state index in [2.05, 4.69) is 37.9 Å². The summed E-state index contributed by atoms with van der Waals surface area (Å²) < 4.78 is 2.41. The number of aromatic nitrogens is 4. The molecule has 5 nitrogen and oxygen atoms in total. The molecule has 0 amide bonds. The Morgan fingerprint density at radius 1 is 1.44 bits per heavy atom. The van der Waals surface area contributed by atoms with E-state index in [1.807, 2.05) is 6.07 Å². The molecule has 0 aliphatic heterocycles. The van der Waals surface area contributed by atoms with Gasteiger partial charge < -0.3 is 5.73 Å². The van der Waals surface area contributed by atoms with Gasteiger partial charge in [0.15, 0.2) is 11.6 Å². The Balaban J connectivity index is 2.36. The minimum atomic E-state index is 0.454. The molecule has 0 aromatic carbocycles. The summed E-state index contributed by atoms with van der Waals surface area (Å²) in [5.74, 6) is 1.19. The first-order chi connectivity index (χ1) is 7.70. The molecule has 0 saturated heterocycles. The normalized spacial score (nSPS) is 10.6. The second-order valence-electron chi connectivity index (χ2n) is 3.42. The number of nitrogen functional groups attached to an aromatic ring is 1. The minimum Gasteiger partial charge on any atom is -0.381 e. The van der Waals surface area contributed by atoms with Crippen molar-refractivity contribution in [2.24, 2.45) is 0 Å². The third kappa shape index (κ3) is 2.21. The van der Waals surface area contributed by atoms with E-state index in [1.165, 1.54) is 0 Å². The van der Waals surface area contributed by atoms with Gasteiger partial charge in [0.05, 0.1) is 4.47 Å². The second-order valence-corrected chi connectivity index (χ2v) is 4.28. The minimum absolute atomic E-state index is 0.454. The second kappa shape index (κ2) is 4.61. The number of hydrogen-bond donors (Lipinski definition) is 1. The third-order valence-electron chi connectivity index (χ3n) is 2.15. The van der Waals surface area contributed by atoms with Crippen LogP contribution >= 0.6 is 15.9 Å². The summed E-state index contributed by atoms with van der Waals surface area (Å²) in [7, 11) is 0. The van der Waals surface area contributed by atoms with Gasteiger partial charge in [-0.25, -0.2) is 14.6 Å². The maximum absolute atomic E-state index is 5.65. The number of rotatable bonds is 3. The summed E-state index contributed by atoms with van der Waals surface area (Å²) >= 11 is 3.31. The number of aryl methyl sites for hydroxylation is 1. The smallest absolute Gasteiger partial charge is 0.160 e. The van der Waals surface area contributed by atoms with Gasteiger partial charge in [-0.3, -0.25) is 0 Å². The van der Waals surface area contributed by atoms with E-state index in [9.17, 15) is 0 Å². The number of nitrogens with two attached hydrogens (primary N) is 1. The molecule has 6 heteroatoms. The number of nitrogens with zero attached hydrogens (tertiary/aromatic N) is 4. The Labute approximate surface area is 102 Å². The lowest BCUT2D eigenvalue weighted by molar-refractivity contribution is 0.815. The van der Waals surface area contributed by atoms with Crippen LogP contribution in [0.25, 0.3) is 5.82 Å². The van der Waals surface area contributed by atoms with Crippen LogP contribution in [0, 0.1) is 0 Å². The molecule has 0 saturated carbocycles. The molecule has 2 N–H and O–H groups in total. The Bertz CT molecular complexity index is 474. The highest BCUT2D eigenvalue weighted by Crippen LogP contribution is 2.18. The van der Waals surface area contributed by atoms with Crippen molar-refractivity contribution in [2.45, 2.75) is 19.8 Å². The van der Waals surface area contributed by atoms with Gasteiger partial charge in [0.25, 0.3) is 0 Å². The lowest BCUT2D eigenvalue weighted by Crippen LogP contribution is -2.01. The van der Waals surface area contributed by atoms with Crippen LogP contribution in [0.3, 0.4) is 0 Å². The molecule has 2 rings (SSSR count). The quantitative estimate of drug-likeness (QED) is 0.934. The highest BCUT2D eigenvalue weighted by atomic mass is 79.9. The van der Waals surface area contributed by atoms with Gasteiger partial charge in [0, 0.05) is 18.0 Å². The van der Waals surface area contributed by atoms with Crippen LogP contribution in [0.1, 0.15) is 19.0 Å². The van der Waals surface area contributed by atoms with Crippen LogP contribution in [-0.2, 0) is 6.42 Å². The van der Waals surface area contributed by atoms with Crippen molar-refractivity contribution in [3.63, 3.8) is 0 Å². The Morgan fingerprint density at radius 2 is 2.25 bits per heavy atom. The van der Waals surface area contributed by atoms with E-state index in [0.29, 0.717) is 5.82 Å². The fraction of sp³-hybridized carbons (Fsp3) is 0.300. The molecule has 0 bridgehead atoms. The Morgan fingerprint density at radius 3 is 2.88 bits per heavy atom. The summed E-state index contributed by atoms with van der Waals surface area (Å²) in [6, 6.07) is 1.92. The zero-order valence-corrected chi connectivity index (χ0v) is 10.5. The van der Waals surface area contributed by atoms with Crippen LogP contribution < -0.4 is 5.73 Å². The first-order valence-corrected chi connectivity index (χ1v) is 5.82. The molecular weight excluding hydrogens is 270 g/mol. The lowest BCUT2D eigenvalue weighted by atomic mass is 10.2. The van der Waals surface area contributed by atoms with E-state index < -0.39 is 0 Å². The maximum Gasteiger partial charge on any atom is 0.160 e. The fourth-order valence-corrected chi connectivity index (χ4v) is 1.66. The van der Waals surface area contributed by atoms with E-state index in [1.54, 1.807) is 17.2 Å². The largest absolute Gasteiger partial charge is 0.381 e. The SMILES string of the molecule is CCCc1cc(-n2cc(Br)c(N)n2)ncn1. The highest BCUT2D eigenvalue weighted by molar-refractivity contribution is 9.10. The van der Waals surface area contributed by atoms with Gasteiger partial charge in [0.1, 0.15) is 6.33 Å². The van der Waals surface area contributed by atoms with Crippen molar-refractivity contribution >= 4 is 21.7 Å². The van der Waals surface area contributed by atoms with Crippen LogP contribution in [0.2, 0.25) is 0 Å². The van der Waals surface area contributed by atoms with Crippen molar-refractivity contribution in [1.82, 2.24) is 19.7 Å². The van der Waals surface area contributed by atoms with Gasteiger partial charge in [-0.15, -0.1) is 5.10 Å². The van der Waals surface area contributed by atoms with Gasteiger partial charge in [-0.05, 0) is 22.4 Å². The van der Waals surface area contributed by atoms with Gasteiger partial charge in [-0.1, -0.05) is 13.3 Å². The molecule has 0 fully saturated rings. The number of anilines is 1. The standard InChI is InChI=1S/C10H12BrN5/c1-2-3-7-4-9(14-6-13-7)16-5-8(11)10(12)15-16/h4-6H,2-3H2,1H3,(H2,12,15). The molecule has 0 aliphatic carbocycles. The molecule has 84 valence electrons. The van der Waals surface area contributed by atoms with Crippen LogP contribution in [0.4, 0.5) is 5.82 Å². The summed E-state index contributed by atoms with van der Waals surface area (Å²) in [4.78, 5) is 8.35. The average Bonchev–Trinajstić information content (AvgIpc) is 2.60. The predicted octanol–water partition coefficient (Wildman–Crippen LogP) is 1.96. The van der Waals surface area contributed by atoms with Crippen LogP contribution in [-0.4, -0.2) is 19.7 Å². The zero-order valence-electron chi connectivity index (χ0n) is 8.89. The summed E-state index contributed by atoms with van der Waals surface area (Å²) in [5.41, 5.74) is 6.66. The van der Waals surface area contributed by atoms with E-state index in [4.69, 9.17) is 5.73 Å². The highest BCUT2D eigenvalue weighted by Gasteiger charge is 2.06. The van der Waals surface area contributed by atoms with Crippen molar-refractivity contribution in [3.8, 4) is 5.82 Å². The molecule has 0 radical (unpaired) electrons. The first kappa shape index (κ1) is 11.1. The molecule has 2 aromatic rings. The van der Waals surface area contributed by atoms with E-state index in [-0.39, 0.29) is 0 Å². The van der Waals surface area contributed by atoms with E-state index in [0.717, 1.165) is 28.8 Å². The molecule has 0 spiro atoms. The molecule has 0 atom stereocenters. The third-order valence-corrected chi connectivity index (χ3v) is 2.76. The van der Waals surface area contributed by atoms with Gasteiger partial charge >= 0.3 is 0 Å². The van der Waals surface area contributed by atoms with Gasteiger partial charge in [0.2, 0.25) is 0 Å². The molecular formula is C10H12BrN5. The van der Waals surface area contributed by atoms with Gasteiger partial charge in [-0.2, -0.15) is 0 Å². The van der Waals surface area contributed by atoms with Crippen LogP contribution in [0.5, 0.6) is 0 Å². The topological polar surface area (TPSA) is 69.6 Å². The zero-order chi connectivity index (χ0) is 11.5. The number of halogens is 1. The average molecular weight is 282 g/mol. The molecule has 16 heavy (non-hydrogen) atoms. The van der Waals surface area contributed by atoms with E-state index >= 15 is 0 Å². The summed E-state index contributed by atoms with van der Waals surface area (Å²) in [6.45, 7) is 2.12. The van der Waals surface area contributed by atoms with Crippen molar-refractivity contribution in [1.29, 1.82) is 0 Å². The van der Waals surface area contributed by atoms with Crippen molar-refractivity contribution < 1.29 is 0 Å². The molecule has 0 unspecified atom stereocenters. The maximum atomic E-state index is 5.65. The monoisotopic (exact) mass is 281 g/mol. The molecule has 2 aromatic heterocycles. The molecule has 2 heterocycles. The molecule has 0 aliphatic rings. The fourth-order valence-electron chi connectivity index (χ4n) is 1.39.